The van der Waals surface area contributed by atoms with Gasteiger partial charge in [-0.15, -0.1) is 6.07 Å². The Balaban J connectivity index is 0.000000217. The molecule has 56 heavy (non-hydrogen) atoms. The van der Waals surface area contributed by atoms with Gasteiger partial charge >= 0.3 is 126 Å². The van der Waals surface area contributed by atoms with Crippen molar-refractivity contribution in [1.82, 2.24) is 19.5 Å². The Labute approximate surface area is 348 Å². The minimum Gasteiger partial charge on any atom is -0.482 e. The first kappa shape index (κ1) is 41.3. The fourth-order valence-electron chi connectivity index (χ4n) is 7.29. The molecule has 0 aliphatic rings. The summed E-state index contributed by atoms with van der Waals surface area (Å²) in [5, 5.41) is 2.06. The Bertz CT molecular complexity index is 2590. The van der Waals surface area contributed by atoms with Crippen LogP contribution in [-0.2, 0) is 31.9 Å². The normalized spacial score (nSPS) is 12.0. The topological polar surface area (TPSA) is 56.7 Å². The van der Waals surface area contributed by atoms with Crippen LogP contribution in [0.4, 0.5) is 0 Å². The van der Waals surface area contributed by atoms with Gasteiger partial charge in [0.25, 0.3) is 0 Å². The van der Waals surface area contributed by atoms with Crippen molar-refractivity contribution in [3.63, 3.8) is 0 Å². The standard InChI is InChI=1S/C31H28N3O.C18H24GeN.Ir/c1-19(2)23-9-8-10-24-25-17-20(18-32-30(25)35-28(23)24)29-33-26-11-6-7-12-27(26)34(29)22-15-13-21(14-16-22)31(3,4)5;1-14(2)11-16-12-18(15-9-7-6-8-10-15)20-13-17(16)19(3,4)5;/h6-17,19H,1-5H3;6-9,12-14H,11H2,1-5H3;/q2*-1;. The van der Waals surface area contributed by atoms with Gasteiger partial charge < -0.3 is 14.0 Å². The van der Waals surface area contributed by atoms with E-state index in [2.05, 4.69) is 167 Å². The molecule has 4 aromatic carbocycles. The molecule has 0 aliphatic heterocycles. The zero-order valence-corrected chi connectivity index (χ0v) is 38.8. The van der Waals surface area contributed by atoms with Gasteiger partial charge in [0.1, 0.15) is 11.3 Å². The zero-order chi connectivity index (χ0) is 39.1. The van der Waals surface area contributed by atoms with Gasteiger partial charge in [-0.1, -0.05) is 82.6 Å². The minimum absolute atomic E-state index is 0. The van der Waals surface area contributed by atoms with Crippen molar-refractivity contribution >= 4 is 50.8 Å². The summed E-state index contributed by atoms with van der Waals surface area (Å²) < 4.78 is 9.92. The fourth-order valence-corrected chi connectivity index (χ4v) is 10.6. The van der Waals surface area contributed by atoms with E-state index in [9.17, 15) is 0 Å². The maximum Gasteiger partial charge on any atom is 0.141 e. The summed E-state index contributed by atoms with van der Waals surface area (Å²) in [6, 6.07) is 39.1. The summed E-state index contributed by atoms with van der Waals surface area (Å²) in [5.74, 6) is 9.18. The number of rotatable bonds is 7. The molecule has 0 N–H and O–H groups in total. The van der Waals surface area contributed by atoms with Crippen molar-refractivity contribution in [2.24, 2.45) is 5.92 Å². The van der Waals surface area contributed by atoms with Crippen molar-refractivity contribution in [1.29, 1.82) is 0 Å². The van der Waals surface area contributed by atoms with Crippen LogP contribution in [0.5, 0.6) is 0 Å². The van der Waals surface area contributed by atoms with Crippen LogP contribution in [0.1, 0.15) is 71.1 Å². The van der Waals surface area contributed by atoms with E-state index in [1.54, 1.807) is 4.40 Å². The molecule has 289 valence electrons. The van der Waals surface area contributed by atoms with E-state index in [1.807, 2.05) is 30.3 Å². The number of nitrogens with zero attached hydrogens (tertiary/aromatic N) is 4. The summed E-state index contributed by atoms with van der Waals surface area (Å²) in [6.07, 6.45) is 6.49. The molecule has 4 heterocycles. The summed E-state index contributed by atoms with van der Waals surface area (Å²) in [5.41, 5.74) is 11.6. The van der Waals surface area contributed by atoms with Crippen LogP contribution >= 0.6 is 0 Å². The first-order chi connectivity index (χ1) is 26.2. The van der Waals surface area contributed by atoms with Gasteiger partial charge in [0.05, 0.1) is 16.9 Å². The second-order valence-corrected chi connectivity index (χ2v) is 28.0. The Morgan fingerprint density at radius 2 is 1.54 bits per heavy atom. The number of benzene rings is 4. The first-order valence-electron chi connectivity index (χ1n) is 19.5. The molecule has 0 saturated heterocycles. The number of fused-ring (bicyclic) bond motifs is 4. The van der Waals surface area contributed by atoms with E-state index in [0.717, 1.165) is 62.1 Å². The molecule has 0 unspecified atom stereocenters. The van der Waals surface area contributed by atoms with Gasteiger partial charge in [-0.25, -0.2) is 0 Å². The molecule has 0 fully saturated rings. The van der Waals surface area contributed by atoms with Crippen LogP contribution in [0.2, 0.25) is 17.3 Å². The average molecular weight is 978 g/mol. The number of furan rings is 1. The smallest absolute Gasteiger partial charge is 0.141 e. The SMILES string of the molecule is CC(C)Cc1cc(-c2[c-]cccc2)nc[c]1[Ge]([CH3])([CH3])[CH3].CC(C)c1cccc2c1oc1n[c-]c(-c3nc4ccccc4n3-c3ccc(C(C)(C)C)cc3)cc12.[Ir]. The van der Waals surface area contributed by atoms with Crippen molar-refractivity contribution < 1.29 is 24.5 Å². The van der Waals surface area contributed by atoms with E-state index in [1.165, 1.54) is 16.7 Å². The molecular formula is C49H52GeIrN4O-2. The summed E-state index contributed by atoms with van der Waals surface area (Å²) in [4.78, 5) is 14.3. The maximum atomic E-state index is 6.18. The van der Waals surface area contributed by atoms with Gasteiger partial charge in [0, 0.05) is 31.2 Å². The molecule has 0 aliphatic carbocycles. The Morgan fingerprint density at radius 3 is 2.20 bits per heavy atom. The molecular weight excluding hydrogens is 925 g/mol. The predicted molar refractivity (Wildman–Crippen MR) is 233 cm³/mol. The molecule has 1 radical (unpaired) electrons. The van der Waals surface area contributed by atoms with E-state index < -0.39 is 13.3 Å². The summed E-state index contributed by atoms with van der Waals surface area (Å²) >= 11 is -1.86. The van der Waals surface area contributed by atoms with E-state index in [4.69, 9.17) is 14.4 Å². The zero-order valence-electron chi connectivity index (χ0n) is 34.3. The molecule has 7 heteroatoms. The molecule has 8 aromatic rings. The van der Waals surface area contributed by atoms with E-state index in [-0.39, 0.29) is 25.5 Å². The number of para-hydroxylation sites is 3. The quantitative estimate of drug-likeness (QED) is 0.118. The number of aromatic nitrogens is 4. The van der Waals surface area contributed by atoms with Crippen molar-refractivity contribution in [3.05, 3.63) is 138 Å². The van der Waals surface area contributed by atoms with Crippen LogP contribution in [0.3, 0.4) is 0 Å². The number of imidazole rings is 1. The second-order valence-electron chi connectivity index (χ2n) is 17.4. The molecule has 0 spiro atoms. The third-order valence-electron chi connectivity index (χ3n) is 10.2. The third-order valence-corrected chi connectivity index (χ3v) is 14.5. The van der Waals surface area contributed by atoms with Crippen LogP contribution in [0.15, 0.2) is 114 Å². The summed E-state index contributed by atoms with van der Waals surface area (Å²) in [6.45, 7) is 15.6. The Morgan fingerprint density at radius 1 is 0.804 bits per heavy atom. The second kappa shape index (κ2) is 16.6. The molecule has 0 amide bonds. The van der Waals surface area contributed by atoms with Crippen molar-refractivity contribution in [2.75, 3.05) is 0 Å². The van der Waals surface area contributed by atoms with Gasteiger partial charge in [-0.2, -0.15) is 0 Å². The third kappa shape index (κ3) is 8.63. The van der Waals surface area contributed by atoms with Gasteiger partial charge in [-0.3, -0.25) is 4.98 Å². The Hall–Kier alpha value is -4.36. The Kier molecular flexibility index (Phi) is 12.3. The van der Waals surface area contributed by atoms with Gasteiger partial charge in [0.15, 0.2) is 0 Å². The fraction of sp³-hybridized carbons (Fsp3) is 0.286. The number of hydrogen-bond acceptors (Lipinski definition) is 4. The molecule has 8 rings (SSSR count). The number of pyridine rings is 2. The maximum absolute atomic E-state index is 6.18. The largest absolute Gasteiger partial charge is 0.482 e. The molecule has 0 bridgehead atoms. The van der Waals surface area contributed by atoms with Crippen molar-refractivity contribution in [2.45, 2.75) is 83.5 Å². The van der Waals surface area contributed by atoms with Crippen LogP contribution < -0.4 is 4.40 Å². The monoisotopic (exact) mass is 979 g/mol. The number of hydrogen-bond donors (Lipinski definition) is 0. The van der Waals surface area contributed by atoms with Crippen LogP contribution in [0, 0.1) is 18.2 Å². The molecule has 0 saturated carbocycles. The van der Waals surface area contributed by atoms with Gasteiger partial charge in [0.2, 0.25) is 0 Å². The van der Waals surface area contributed by atoms with Gasteiger partial charge in [-0.05, 0) is 58.3 Å². The molecule has 5 nitrogen and oxygen atoms in total. The molecule has 0 atom stereocenters. The van der Waals surface area contributed by atoms with E-state index >= 15 is 0 Å². The average Bonchev–Trinajstić information content (AvgIpc) is 3.73. The van der Waals surface area contributed by atoms with E-state index in [0.29, 0.717) is 17.5 Å². The minimum atomic E-state index is -1.86. The van der Waals surface area contributed by atoms with Crippen LogP contribution in [-0.4, -0.2) is 32.8 Å². The molecule has 4 aromatic heterocycles. The predicted octanol–water partition coefficient (Wildman–Crippen LogP) is 12.5. The summed E-state index contributed by atoms with van der Waals surface area (Å²) in [7, 11) is 0. The van der Waals surface area contributed by atoms with Crippen LogP contribution in [0.25, 0.3) is 61.4 Å². The van der Waals surface area contributed by atoms with Crippen molar-refractivity contribution in [3.8, 4) is 28.3 Å². The first-order valence-corrected chi connectivity index (χ1v) is 26.8.